The van der Waals surface area contributed by atoms with Gasteiger partial charge in [0.1, 0.15) is 12.1 Å². The predicted octanol–water partition coefficient (Wildman–Crippen LogP) is 0.0580. The number of carbonyl (C=O) groups is 5. The van der Waals surface area contributed by atoms with Gasteiger partial charge in [-0.3, -0.25) is 24.0 Å². The molecule has 1 saturated heterocycles. The van der Waals surface area contributed by atoms with Gasteiger partial charge in [-0.05, 0) is 50.8 Å². The molecule has 208 valence electrons. The van der Waals surface area contributed by atoms with E-state index in [1.54, 1.807) is 35.9 Å². The molecule has 5 amide bonds. The second kappa shape index (κ2) is 13.6. The Kier molecular flexibility index (Phi) is 10.3. The lowest BCUT2D eigenvalue weighted by atomic mass is 10.1. The van der Waals surface area contributed by atoms with Crippen molar-refractivity contribution in [1.82, 2.24) is 25.8 Å². The predicted molar refractivity (Wildman–Crippen MR) is 138 cm³/mol. The molecule has 1 aromatic carbocycles. The highest BCUT2D eigenvalue weighted by molar-refractivity contribution is 5.95. The van der Waals surface area contributed by atoms with E-state index in [1.807, 2.05) is 0 Å². The summed E-state index contributed by atoms with van der Waals surface area (Å²) in [5.41, 5.74) is 0.355. The average Bonchev–Trinajstić information content (AvgIpc) is 3.35. The highest BCUT2D eigenvalue weighted by Crippen LogP contribution is 2.28. The van der Waals surface area contributed by atoms with Crippen LogP contribution >= 0.6 is 0 Å². The number of carbonyl (C=O) groups excluding carboxylic acids is 5. The van der Waals surface area contributed by atoms with E-state index in [0.29, 0.717) is 63.8 Å². The Morgan fingerprint density at radius 2 is 1.76 bits per heavy atom. The third-order valence-electron chi connectivity index (χ3n) is 6.58. The van der Waals surface area contributed by atoms with Gasteiger partial charge in [-0.15, -0.1) is 0 Å². The Morgan fingerprint density at radius 1 is 1.03 bits per heavy atom. The van der Waals surface area contributed by atoms with E-state index in [1.165, 1.54) is 13.2 Å². The van der Waals surface area contributed by atoms with Crippen LogP contribution in [0.3, 0.4) is 0 Å². The molecule has 3 heterocycles. The molecule has 0 unspecified atom stereocenters. The van der Waals surface area contributed by atoms with Crippen molar-refractivity contribution in [3.8, 4) is 11.5 Å². The van der Waals surface area contributed by atoms with Crippen LogP contribution < -0.4 is 25.4 Å². The van der Waals surface area contributed by atoms with Crippen molar-refractivity contribution in [3.63, 3.8) is 0 Å². The Morgan fingerprint density at radius 3 is 2.47 bits per heavy atom. The van der Waals surface area contributed by atoms with Crippen molar-refractivity contribution in [3.05, 3.63) is 23.8 Å². The van der Waals surface area contributed by atoms with Crippen molar-refractivity contribution in [2.75, 3.05) is 46.9 Å². The quantitative estimate of drug-likeness (QED) is 0.457. The highest BCUT2D eigenvalue weighted by atomic mass is 16.5. The molecule has 1 fully saturated rings. The first-order valence-corrected chi connectivity index (χ1v) is 12.9. The van der Waals surface area contributed by atoms with Gasteiger partial charge in [0.15, 0.2) is 18.1 Å². The van der Waals surface area contributed by atoms with Gasteiger partial charge in [-0.1, -0.05) is 0 Å². The first-order chi connectivity index (χ1) is 18.2. The Labute approximate surface area is 222 Å². The third kappa shape index (κ3) is 7.83. The zero-order valence-corrected chi connectivity index (χ0v) is 22.2. The zero-order valence-electron chi connectivity index (χ0n) is 22.2. The van der Waals surface area contributed by atoms with E-state index in [9.17, 15) is 24.0 Å². The summed E-state index contributed by atoms with van der Waals surface area (Å²) in [6, 6.07) is 3.34. The fourth-order valence-corrected chi connectivity index (χ4v) is 4.43. The van der Waals surface area contributed by atoms with Gasteiger partial charge in [0, 0.05) is 45.2 Å². The lowest BCUT2D eigenvalue weighted by Crippen LogP contribution is -2.47. The molecule has 4 rings (SSSR count). The fraction of sp³-hybridized carbons (Fsp3) is 0.577. The summed E-state index contributed by atoms with van der Waals surface area (Å²) in [6.45, 7) is 2.96. The molecule has 0 aromatic heterocycles. The number of benzene rings is 1. The molecule has 1 aromatic rings. The lowest BCUT2D eigenvalue weighted by Gasteiger charge is -2.26. The van der Waals surface area contributed by atoms with Crippen molar-refractivity contribution in [2.45, 2.75) is 51.1 Å². The van der Waals surface area contributed by atoms with Gasteiger partial charge in [0.2, 0.25) is 17.7 Å². The molecule has 2 bridgehead atoms. The number of likely N-dealkylation sites (N-methyl/N-ethyl adjacent to an activating group) is 1. The molecule has 2 atom stereocenters. The lowest BCUT2D eigenvalue weighted by molar-refractivity contribution is -0.135. The SMILES string of the molecule is COc1cc2ccc1OCC(=O)N[C@@H](C)C(=O)N(C)CCCCN(C(=O)[C@@H]1CCC(=O)N1)CCCNC2=O. The van der Waals surface area contributed by atoms with Gasteiger partial charge in [-0.2, -0.15) is 0 Å². The number of fused-ring (bicyclic) bond motifs is 18. The summed E-state index contributed by atoms with van der Waals surface area (Å²) in [4.78, 5) is 65.7. The molecule has 38 heavy (non-hydrogen) atoms. The van der Waals surface area contributed by atoms with Gasteiger partial charge >= 0.3 is 0 Å². The number of amides is 5. The van der Waals surface area contributed by atoms with E-state index in [-0.39, 0.29) is 41.7 Å². The molecule has 0 saturated carbocycles. The summed E-state index contributed by atoms with van der Waals surface area (Å²) in [6.07, 6.45) is 2.62. The molecular weight excluding hydrogens is 494 g/mol. The summed E-state index contributed by atoms with van der Waals surface area (Å²) >= 11 is 0. The second-order valence-electron chi connectivity index (χ2n) is 9.50. The average molecular weight is 532 g/mol. The first kappa shape index (κ1) is 28.7. The van der Waals surface area contributed by atoms with E-state index >= 15 is 0 Å². The smallest absolute Gasteiger partial charge is 0.258 e. The number of nitrogens with one attached hydrogen (secondary N) is 3. The molecule has 12 heteroatoms. The summed E-state index contributed by atoms with van der Waals surface area (Å²) in [7, 11) is 3.10. The molecule has 3 aliphatic rings. The number of hydrogen-bond donors (Lipinski definition) is 3. The minimum Gasteiger partial charge on any atom is -0.493 e. The van der Waals surface area contributed by atoms with Crippen LogP contribution in [0.1, 0.15) is 49.4 Å². The van der Waals surface area contributed by atoms with Crippen molar-refractivity contribution in [2.24, 2.45) is 0 Å². The van der Waals surface area contributed by atoms with Crippen molar-refractivity contribution < 1.29 is 33.4 Å². The summed E-state index contributed by atoms with van der Waals surface area (Å²) in [5, 5.41) is 8.21. The monoisotopic (exact) mass is 531 g/mol. The summed E-state index contributed by atoms with van der Waals surface area (Å²) < 4.78 is 10.9. The van der Waals surface area contributed by atoms with E-state index in [4.69, 9.17) is 9.47 Å². The molecule has 3 N–H and O–H groups in total. The van der Waals surface area contributed by atoms with Crippen molar-refractivity contribution >= 4 is 29.5 Å². The van der Waals surface area contributed by atoms with E-state index in [0.717, 1.165) is 0 Å². The van der Waals surface area contributed by atoms with Crippen molar-refractivity contribution in [1.29, 1.82) is 0 Å². The highest BCUT2D eigenvalue weighted by Gasteiger charge is 2.30. The molecule has 0 aliphatic carbocycles. The van der Waals surface area contributed by atoms with Crippen LogP contribution in [0.25, 0.3) is 0 Å². The summed E-state index contributed by atoms with van der Waals surface area (Å²) in [5.74, 6) is -0.714. The molecule has 3 aliphatic heterocycles. The Hall–Kier alpha value is -3.83. The standard InChI is InChI=1S/C26H37N5O7/c1-17-25(35)30(2)12-4-5-13-31(26(36)19-8-10-22(32)29-19)14-6-11-27-24(34)18-7-9-20(21(15-18)37-3)38-16-23(33)28-17/h7,9,15,17,19H,4-6,8,10-14,16H2,1-3H3,(H,27,34)(H,28,33)(H,29,32)/t17-,19-/m0/s1. The number of hydrogen-bond acceptors (Lipinski definition) is 7. The molecule has 12 nitrogen and oxygen atoms in total. The van der Waals surface area contributed by atoms with Gasteiger partial charge in [0.05, 0.1) is 7.11 Å². The second-order valence-corrected chi connectivity index (χ2v) is 9.50. The van der Waals surface area contributed by atoms with Crippen LogP contribution in [0.5, 0.6) is 11.5 Å². The fourth-order valence-electron chi connectivity index (χ4n) is 4.43. The zero-order chi connectivity index (χ0) is 27.7. The maximum atomic E-state index is 13.1. The van der Waals surface area contributed by atoms with Crippen LogP contribution in [0.15, 0.2) is 18.2 Å². The van der Waals surface area contributed by atoms with Crippen LogP contribution in [0.4, 0.5) is 0 Å². The van der Waals surface area contributed by atoms with E-state index in [2.05, 4.69) is 16.0 Å². The topological polar surface area (TPSA) is 146 Å². The van der Waals surface area contributed by atoms with Gasteiger partial charge in [-0.25, -0.2) is 0 Å². The van der Waals surface area contributed by atoms with Crippen LogP contribution in [0.2, 0.25) is 0 Å². The maximum absolute atomic E-state index is 13.1. The maximum Gasteiger partial charge on any atom is 0.258 e. The number of rotatable bonds is 2. The minimum atomic E-state index is -0.748. The Balaban J connectivity index is 1.73. The molecular formula is C26H37N5O7. The normalized spacial score (nSPS) is 22.6. The van der Waals surface area contributed by atoms with Crippen LogP contribution in [-0.4, -0.2) is 98.4 Å². The largest absolute Gasteiger partial charge is 0.493 e. The molecule has 0 radical (unpaired) electrons. The third-order valence-corrected chi connectivity index (χ3v) is 6.58. The minimum absolute atomic E-state index is 0.132. The molecule has 0 spiro atoms. The van der Waals surface area contributed by atoms with Gasteiger partial charge in [0.25, 0.3) is 11.8 Å². The number of methoxy groups -OCH3 is 1. The first-order valence-electron chi connectivity index (χ1n) is 12.9. The van der Waals surface area contributed by atoms with Gasteiger partial charge < -0.3 is 35.2 Å². The van der Waals surface area contributed by atoms with Crippen LogP contribution in [0, 0.1) is 0 Å². The Bertz CT molecular complexity index is 1050. The number of nitrogens with zero attached hydrogens (tertiary/aromatic N) is 2. The number of ether oxygens (including phenoxy) is 2. The van der Waals surface area contributed by atoms with E-state index < -0.39 is 18.0 Å². The van der Waals surface area contributed by atoms with Crippen LogP contribution in [-0.2, 0) is 19.2 Å².